The van der Waals surface area contributed by atoms with Gasteiger partial charge < -0.3 is 13.8 Å². The Labute approximate surface area is 163 Å². The van der Waals surface area contributed by atoms with E-state index < -0.39 is 0 Å². The molecule has 1 aromatic carbocycles. The highest BCUT2D eigenvalue weighted by atomic mass is 16.5. The number of benzene rings is 1. The van der Waals surface area contributed by atoms with Gasteiger partial charge in [0, 0.05) is 29.9 Å². The molecule has 0 saturated carbocycles. The van der Waals surface area contributed by atoms with E-state index in [9.17, 15) is 4.79 Å². The van der Waals surface area contributed by atoms with Crippen LogP contribution in [0.3, 0.4) is 0 Å². The number of carbonyl (C=O) groups is 1. The molecule has 1 unspecified atom stereocenters. The highest BCUT2D eigenvalue weighted by molar-refractivity contribution is 5.96. The number of fused-ring (bicyclic) bond motifs is 1. The predicted molar refractivity (Wildman–Crippen MR) is 107 cm³/mol. The number of amides is 1. The molecule has 0 saturated heterocycles. The van der Waals surface area contributed by atoms with Crippen molar-refractivity contribution in [3.63, 3.8) is 0 Å². The molecule has 6 heteroatoms. The van der Waals surface area contributed by atoms with Crippen molar-refractivity contribution in [3.05, 3.63) is 70.9 Å². The number of aromatic nitrogens is 2. The third-order valence-corrected chi connectivity index (χ3v) is 5.26. The average molecular weight is 377 g/mol. The van der Waals surface area contributed by atoms with Gasteiger partial charge in [-0.05, 0) is 45.9 Å². The second-order valence-corrected chi connectivity index (χ2v) is 7.19. The molecule has 3 heterocycles. The van der Waals surface area contributed by atoms with E-state index in [1.807, 2.05) is 74.7 Å². The van der Waals surface area contributed by atoms with E-state index in [1.54, 1.807) is 11.9 Å². The number of hydrogen-bond acceptors (Lipinski definition) is 4. The third-order valence-electron chi connectivity index (χ3n) is 5.26. The summed E-state index contributed by atoms with van der Waals surface area (Å²) in [5, 5.41) is 5.11. The molecule has 0 spiro atoms. The Balaban J connectivity index is 1.65. The molecule has 1 amide bonds. The van der Waals surface area contributed by atoms with Crippen LogP contribution in [-0.4, -0.2) is 27.6 Å². The smallest absolute Gasteiger partial charge is 0.256 e. The fraction of sp³-hybridized carbons (Fsp3) is 0.273. The maximum Gasteiger partial charge on any atom is 0.256 e. The molecular weight excluding hydrogens is 354 g/mol. The van der Waals surface area contributed by atoms with Gasteiger partial charge in [-0.25, -0.2) is 0 Å². The molecule has 0 bridgehead atoms. The molecular formula is C22H23N3O3. The topological polar surface area (TPSA) is 64.4 Å². The molecule has 0 aliphatic carbocycles. The van der Waals surface area contributed by atoms with Crippen molar-refractivity contribution in [2.24, 2.45) is 0 Å². The normalized spacial score (nSPS) is 12.5. The first-order valence-electron chi connectivity index (χ1n) is 9.25. The molecule has 144 valence electrons. The van der Waals surface area contributed by atoms with E-state index in [0.717, 1.165) is 33.9 Å². The van der Waals surface area contributed by atoms with Gasteiger partial charge in [0.2, 0.25) is 0 Å². The Kier molecular flexibility index (Phi) is 4.34. The van der Waals surface area contributed by atoms with Gasteiger partial charge >= 0.3 is 0 Å². The van der Waals surface area contributed by atoms with Crippen LogP contribution in [0, 0.1) is 20.8 Å². The highest BCUT2D eigenvalue weighted by Crippen LogP contribution is 2.29. The molecule has 4 aromatic rings. The lowest BCUT2D eigenvalue weighted by Crippen LogP contribution is -2.29. The van der Waals surface area contributed by atoms with Crippen LogP contribution in [0.25, 0.3) is 16.8 Å². The Morgan fingerprint density at radius 2 is 1.89 bits per heavy atom. The van der Waals surface area contributed by atoms with E-state index in [0.29, 0.717) is 11.4 Å². The van der Waals surface area contributed by atoms with Gasteiger partial charge in [-0.15, -0.1) is 0 Å². The number of carbonyl (C=O) groups excluding carboxylic acids is 1. The van der Waals surface area contributed by atoms with Gasteiger partial charge in [0.05, 0.1) is 11.6 Å². The maximum absolute atomic E-state index is 13.2. The van der Waals surface area contributed by atoms with Crippen LogP contribution in [0.15, 0.2) is 51.4 Å². The number of nitrogens with zero attached hydrogens (tertiary/aromatic N) is 3. The second-order valence-electron chi connectivity index (χ2n) is 7.19. The number of para-hydroxylation sites is 1. The Morgan fingerprint density at radius 3 is 2.57 bits per heavy atom. The summed E-state index contributed by atoms with van der Waals surface area (Å²) >= 11 is 0. The molecule has 0 aliphatic heterocycles. The number of furan rings is 1. The summed E-state index contributed by atoms with van der Waals surface area (Å²) in [5.74, 6) is 2.11. The molecule has 1 atom stereocenters. The lowest BCUT2D eigenvalue weighted by Gasteiger charge is -2.23. The zero-order valence-electron chi connectivity index (χ0n) is 16.7. The average Bonchev–Trinajstić information content (AvgIpc) is 3.37. The molecule has 0 N–H and O–H groups in total. The zero-order chi connectivity index (χ0) is 20.0. The molecule has 4 rings (SSSR count). The van der Waals surface area contributed by atoms with Gasteiger partial charge in [0.1, 0.15) is 17.1 Å². The summed E-state index contributed by atoms with van der Waals surface area (Å²) in [6.07, 6.45) is 0. The molecule has 3 aromatic heterocycles. The van der Waals surface area contributed by atoms with Crippen molar-refractivity contribution in [1.29, 1.82) is 0 Å². The fourth-order valence-electron chi connectivity index (χ4n) is 3.56. The first-order valence-corrected chi connectivity index (χ1v) is 9.25. The molecule has 6 nitrogen and oxygen atoms in total. The van der Waals surface area contributed by atoms with Crippen molar-refractivity contribution < 1.29 is 13.7 Å². The fourth-order valence-corrected chi connectivity index (χ4v) is 3.56. The van der Waals surface area contributed by atoms with Gasteiger partial charge in [0.15, 0.2) is 5.82 Å². The van der Waals surface area contributed by atoms with Crippen LogP contribution >= 0.6 is 0 Å². The van der Waals surface area contributed by atoms with Crippen molar-refractivity contribution >= 4 is 16.9 Å². The second kappa shape index (κ2) is 6.71. The van der Waals surface area contributed by atoms with Gasteiger partial charge in [-0.3, -0.25) is 9.36 Å². The van der Waals surface area contributed by atoms with E-state index >= 15 is 0 Å². The van der Waals surface area contributed by atoms with E-state index in [1.165, 1.54) is 0 Å². The molecule has 0 radical (unpaired) electrons. The molecule has 28 heavy (non-hydrogen) atoms. The maximum atomic E-state index is 13.2. The van der Waals surface area contributed by atoms with Crippen LogP contribution in [0.4, 0.5) is 0 Å². The lowest BCUT2D eigenvalue weighted by molar-refractivity contribution is 0.0727. The Bertz CT molecular complexity index is 1130. The predicted octanol–water partition coefficient (Wildman–Crippen LogP) is 4.97. The Morgan fingerprint density at radius 1 is 1.14 bits per heavy atom. The van der Waals surface area contributed by atoms with Crippen molar-refractivity contribution in [2.75, 3.05) is 7.05 Å². The van der Waals surface area contributed by atoms with Crippen LogP contribution in [0.1, 0.15) is 46.2 Å². The van der Waals surface area contributed by atoms with E-state index in [4.69, 9.17) is 8.94 Å². The summed E-state index contributed by atoms with van der Waals surface area (Å²) in [6, 6.07) is 13.4. The SMILES string of the molecule is Cc1cc(-n2c(C)cc(C(=O)N(C)C(C)c3cc4ccccc4o3)c2C)no1. The van der Waals surface area contributed by atoms with E-state index in [2.05, 4.69) is 5.16 Å². The molecule has 0 aliphatic rings. The van der Waals surface area contributed by atoms with Gasteiger partial charge in [-0.2, -0.15) is 0 Å². The minimum Gasteiger partial charge on any atom is -0.459 e. The number of hydrogen-bond donors (Lipinski definition) is 0. The van der Waals surface area contributed by atoms with Crippen molar-refractivity contribution in [2.45, 2.75) is 33.7 Å². The highest BCUT2D eigenvalue weighted by Gasteiger charge is 2.26. The third kappa shape index (κ3) is 2.91. The van der Waals surface area contributed by atoms with Crippen LogP contribution < -0.4 is 0 Å². The monoisotopic (exact) mass is 377 g/mol. The Hall–Kier alpha value is -3.28. The lowest BCUT2D eigenvalue weighted by atomic mass is 10.1. The quantitative estimate of drug-likeness (QED) is 0.504. The van der Waals surface area contributed by atoms with Gasteiger partial charge in [-0.1, -0.05) is 23.4 Å². The van der Waals surface area contributed by atoms with Gasteiger partial charge in [0.25, 0.3) is 5.91 Å². The zero-order valence-corrected chi connectivity index (χ0v) is 16.7. The summed E-state index contributed by atoms with van der Waals surface area (Å²) in [7, 11) is 1.80. The summed E-state index contributed by atoms with van der Waals surface area (Å²) in [5.41, 5.74) is 3.23. The standard InChI is InChI=1S/C22H23N3O3/c1-13-10-18(15(3)25(13)21-11-14(2)28-23-21)22(26)24(5)16(4)20-12-17-8-6-7-9-19(17)27-20/h6-12,16H,1-5H3. The van der Waals surface area contributed by atoms with Crippen LogP contribution in [0.2, 0.25) is 0 Å². The van der Waals surface area contributed by atoms with Crippen molar-refractivity contribution in [1.82, 2.24) is 14.6 Å². The largest absolute Gasteiger partial charge is 0.459 e. The minimum atomic E-state index is -0.197. The first kappa shape index (κ1) is 18.1. The summed E-state index contributed by atoms with van der Waals surface area (Å²) in [4.78, 5) is 14.9. The molecule has 0 fully saturated rings. The summed E-state index contributed by atoms with van der Waals surface area (Å²) in [6.45, 7) is 7.69. The summed E-state index contributed by atoms with van der Waals surface area (Å²) < 4.78 is 13.1. The van der Waals surface area contributed by atoms with Crippen molar-refractivity contribution in [3.8, 4) is 5.82 Å². The first-order chi connectivity index (χ1) is 13.4. The number of rotatable bonds is 4. The number of aryl methyl sites for hydroxylation is 2. The van der Waals surface area contributed by atoms with E-state index in [-0.39, 0.29) is 11.9 Å². The van der Waals surface area contributed by atoms with Crippen LogP contribution in [0.5, 0.6) is 0 Å². The minimum absolute atomic E-state index is 0.0625. The van der Waals surface area contributed by atoms with Crippen LogP contribution in [-0.2, 0) is 0 Å².